The summed E-state index contributed by atoms with van der Waals surface area (Å²) in [7, 11) is 2.42. The molecule has 2 heterocycles. The molecule has 2 saturated heterocycles. The SMILES string of the molecule is CC[N+]1(C)CCN(CC2CN(c3c(C)cc(C)cc3C)CN2c2c(C)cc(C)cc2C)CC1. The number of hydrogen-bond acceptors (Lipinski definition) is 3. The van der Waals surface area contributed by atoms with E-state index in [2.05, 4.69) is 94.5 Å². The molecule has 0 amide bonds. The molecule has 4 heteroatoms. The van der Waals surface area contributed by atoms with Crippen LogP contribution in [0.5, 0.6) is 0 Å². The van der Waals surface area contributed by atoms with Crippen LogP contribution in [0.25, 0.3) is 0 Å². The predicted octanol–water partition coefficient (Wildman–Crippen LogP) is 4.97. The molecule has 4 nitrogen and oxygen atoms in total. The minimum Gasteiger partial charge on any atom is -0.351 e. The van der Waals surface area contributed by atoms with Crippen LogP contribution >= 0.6 is 0 Å². The zero-order valence-corrected chi connectivity index (χ0v) is 22.3. The van der Waals surface area contributed by atoms with Gasteiger partial charge in [0.2, 0.25) is 0 Å². The Morgan fingerprint density at radius 1 is 0.788 bits per heavy atom. The van der Waals surface area contributed by atoms with Crippen molar-refractivity contribution >= 4 is 11.4 Å². The third-order valence-electron chi connectivity index (χ3n) is 8.21. The van der Waals surface area contributed by atoms with E-state index in [0.717, 1.165) is 19.8 Å². The second-order valence-electron chi connectivity index (χ2n) is 11.2. The lowest BCUT2D eigenvalue weighted by atomic mass is 10.0. The van der Waals surface area contributed by atoms with Crippen molar-refractivity contribution in [1.82, 2.24) is 4.90 Å². The summed E-state index contributed by atoms with van der Waals surface area (Å²) < 4.78 is 1.22. The number of likely N-dealkylation sites (N-methyl/N-ethyl adjacent to an activating group) is 1. The van der Waals surface area contributed by atoms with Crippen LogP contribution in [0, 0.1) is 41.5 Å². The highest BCUT2D eigenvalue weighted by atomic mass is 15.4. The zero-order valence-electron chi connectivity index (χ0n) is 22.3. The minimum absolute atomic E-state index is 0.503. The fourth-order valence-corrected chi connectivity index (χ4v) is 6.36. The fraction of sp³-hybridized carbons (Fsp3) is 0.586. The molecule has 0 radical (unpaired) electrons. The first-order valence-corrected chi connectivity index (χ1v) is 12.8. The first-order valence-electron chi connectivity index (χ1n) is 12.8. The molecule has 0 aromatic heterocycles. The summed E-state index contributed by atoms with van der Waals surface area (Å²) in [5, 5.41) is 0. The highest BCUT2D eigenvalue weighted by Crippen LogP contribution is 2.35. The monoisotopic (exact) mass is 449 g/mol. The summed E-state index contributed by atoms with van der Waals surface area (Å²) in [5.74, 6) is 0. The van der Waals surface area contributed by atoms with Gasteiger partial charge in [0, 0.05) is 37.6 Å². The van der Waals surface area contributed by atoms with Crippen LogP contribution in [0.15, 0.2) is 24.3 Å². The first-order chi connectivity index (χ1) is 15.6. The van der Waals surface area contributed by atoms with Crippen molar-refractivity contribution in [1.29, 1.82) is 0 Å². The van der Waals surface area contributed by atoms with Crippen LogP contribution in [-0.2, 0) is 0 Å². The molecule has 2 aliphatic rings. The molecule has 0 aliphatic carbocycles. The van der Waals surface area contributed by atoms with Crippen LogP contribution in [0.3, 0.4) is 0 Å². The van der Waals surface area contributed by atoms with E-state index >= 15 is 0 Å². The van der Waals surface area contributed by atoms with Crippen molar-refractivity contribution in [2.45, 2.75) is 54.5 Å². The van der Waals surface area contributed by atoms with Crippen molar-refractivity contribution < 1.29 is 4.48 Å². The number of aryl methyl sites for hydroxylation is 6. The van der Waals surface area contributed by atoms with Crippen LogP contribution in [-0.4, -0.2) is 75.0 Å². The standard InChI is InChI=1S/C29H45N4/c1-9-33(8)12-10-30(11-13-33)18-27-19-31(28-23(4)14-21(2)15-24(28)5)20-32(27)29-25(6)16-22(3)17-26(29)7/h14-17,27H,9-13,18-20H2,1-8H3/q+1. The lowest BCUT2D eigenvalue weighted by Crippen LogP contribution is -2.58. The smallest absolute Gasteiger partial charge is 0.0914 e. The Kier molecular flexibility index (Phi) is 6.80. The molecule has 4 rings (SSSR count). The van der Waals surface area contributed by atoms with E-state index in [9.17, 15) is 0 Å². The molecular formula is C29H45N4+. The van der Waals surface area contributed by atoms with Crippen LogP contribution in [0.4, 0.5) is 11.4 Å². The van der Waals surface area contributed by atoms with Gasteiger partial charge in [-0.15, -0.1) is 0 Å². The van der Waals surface area contributed by atoms with Gasteiger partial charge >= 0.3 is 0 Å². The van der Waals surface area contributed by atoms with Crippen LogP contribution in [0.1, 0.15) is 40.3 Å². The van der Waals surface area contributed by atoms with Crippen molar-refractivity contribution in [2.75, 3.05) is 69.3 Å². The van der Waals surface area contributed by atoms with E-state index in [0.29, 0.717) is 6.04 Å². The van der Waals surface area contributed by atoms with Gasteiger partial charge in [-0.2, -0.15) is 0 Å². The average molecular weight is 450 g/mol. The highest BCUT2D eigenvalue weighted by molar-refractivity contribution is 5.67. The van der Waals surface area contributed by atoms with Gasteiger partial charge in [0.15, 0.2) is 0 Å². The molecule has 0 spiro atoms. The van der Waals surface area contributed by atoms with Crippen LogP contribution in [0.2, 0.25) is 0 Å². The normalized spacial score (nSPS) is 21.2. The first kappa shape index (κ1) is 24.1. The number of quaternary nitrogens is 1. The Labute approximate surface area is 202 Å². The summed E-state index contributed by atoms with van der Waals surface area (Å²) in [4.78, 5) is 8.08. The van der Waals surface area contributed by atoms with E-state index in [4.69, 9.17) is 0 Å². The second-order valence-corrected chi connectivity index (χ2v) is 11.2. The maximum Gasteiger partial charge on any atom is 0.0914 e. The Morgan fingerprint density at radius 3 is 1.76 bits per heavy atom. The van der Waals surface area contributed by atoms with Gasteiger partial charge in [0.1, 0.15) is 0 Å². The summed E-state index contributed by atoms with van der Waals surface area (Å²) in [6.07, 6.45) is 0. The molecule has 0 bridgehead atoms. The number of anilines is 2. The quantitative estimate of drug-likeness (QED) is 0.597. The summed E-state index contributed by atoms with van der Waals surface area (Å²) >= 11 is 0. The Hall–Kier alpha value is -2.04. The maximum atomic E-state index is 2.73. The van der Waals surface area contributed by atoms with Gasteiger partial charge < -0.3 is 14.3 Å². The molecule has 2 aromatic carbocycles. The largest absolute Gasteiger partial charge is 0.351 e. The van der Waals surface area contributed by atoms with E-state index in [1.807, 2.05) is 0 Å². The van der Waals surface area contributed by atoms with E-state index in [1.54, 1.807) is 0 Å². The molecule has 0 saturated carbocycles. The predicted molar refractivity (Wildman–Crippen MR) is 143 cm³/mol. The molecule has 1 atom stereocenters. The number of piperazine rings is 1. The Bertz CT molecular complexity index is 957. The van der Waals surface area contributed by atoms with E-state index in [-0.39, 0.29) is 0 Å². The van der Waals surface area contributed by atoms with Gasteiger partial charge in [-0.05, 0) is 70.7 Å². The fourth-order valence-electron chi connectivity index (χ4n) is 6.36. The van der Waals surface area contributed by atoms with Crippen molar-refractivity contribution in [3.63, 3.8) is 0 Å². The van der Waals surface area contributed by atoms with Crippen LogP contribution < -0.4 is 9.80 Å². The Balaban J connectivity index is 1.64. The van der Waals surface area contributed by atoms with E-state index in [1.165, 1.54) is 82.0 Å². The van der Waals surface area contributed by atoms with Crippen molar-refractivity contribution in [3.8, 4) is 0 Å². The summed E-state index contributed by atoms with van der Waals surface area (Å²) in [6, 6.07) is 9.90. The lowest BCUT2D eigenvalue weighted by Gasteiger charge is -2.42. The van der Waals surface area contributed by atoms with Crippen molar-refractivity contribution in [2.24, 2.45) is 0 Å². The second kappa shape index (κ2) is 9.31. The number of nitrogens with zero attached hydrogens (tertiary/aromatic N) is 4. The van der Waals surface area contributed by atoms with Gasteiger partial charge in [-0.25, -0.2) is 0 Å². The number of rotatable bonds is 5. The van der Waals surface area contributed by atoms with Crippen molar-refractivity contribution in [3.05, 3.63) is 57.6 Å². The summed E-state index contributed by atoms with van der Waals surface area (Å²) in [5.41, 5.74) is 11.2. The molecule has 33 heavy (non-hydrogen) atoms. The third kappa shape index (κ3) is 4.93. The summed E-state index contributed by atoms with van der Waals surface area (Å²) in [6.45, 7) is 25.3. The molecule has 2 fully saturated rings. The maximum absolute atomic E-state index is 2.73. The number of hydrogen-bond donors (Lipinski definition) is 0. The van der Waals surface area contributed by atoms with Gasteiger partial charge in [0.05, 0.1) is 39.4 Å². The van der Waals surface area contributed by atoms with Gasteiger partial charge in [-0.3, -0.25) is 4.90 Å². The van der Waals surface area contributed by atoms with Gasteiger partial charge in [-0.1, -0.05) is 35.4 Å². The molecular weight excluding hydrogens is 404 g/mol. The molecule has 2 aliphatic heterocycles. The minimum atomic E-state index is 0.503. The van der Waals surface area contributed by atoms with Gasteiger partial charge in [0.25, 0.3) is 0 Å². The third-order valence-corrected chi connectivity index (χ3v) is 8.21. The molecule has 1 unspecified atom stereocenters. The average Bonchev–Trinajstić information content (AvgIpc) is 3.11. The molecule has 2 aromatic rings. The molecule has 0 N–H and O–H groups in total. The highest BCUT2D eigenvalue weighted by Gasteiger charge is 2.36. The molecule has 180 valence electrons. The Morgan fingerprint density at radius 2 is 1.27 bits per heavy atom. The topological polar surface area (TPSA) is 9.72 Å². The lowest BCUT2D eigenvalue weighted by molar-refractivity contribution is -0.911. The van der Waals surface area contributed by atoms with E-state index < -0.39 is 0 Å². The number of benzene rings is 2. The zero-order chi connectivity index (χ0) is 23.9.